The number of aliphatic hydroxyl groups is 1. The Morgan fingerprint density at radius 1 is 0.905 bits per heavy atom. The molecule has 2 aliphatic rings. The molecule has 0 aliphatic carbocycles. The number of aliphatic hydroxyl groups excluding tert-OH is 1. The van der Waals surface area contributed by atoms with E-state index in [1.165, 1.54) is 0 Å². The van der Waals surface area contributed by atoms with E-state index in [-0.39, 0.29) is 11.3 Å². The highest BCUT2D eigenvalue weighted by atomic mass is 16.5. The van der Waals surface area contributed by atoms with Crippen LogP contribution in [0.5, 0.6) is 11.5 Å². The molecule has 0 aromatic heterocycles. The highest BCUT2D eigenvalue weighted by molar-refractivity contribution is 6.46. The zero-order chi connectivity index (χ0) is 29.3. The largest absolute Gasteiger partial charge is 0.507 e. The molecule has 0 saturated carbocycles. The highest BCUT2D eigenvalue weighted by Gasteiger charge is 2.46. The van der Waals surface area contributed by atoms with E-state index in [0.29, 0.717) is 62.0 Å². The number of nitrogens with zero attached hydrogens (tertiary/aromatic N) is 2. The maximum atomic E-state index is 13.5. The number of likely N-dealkylation sites (tertiary alicyclic amines) is 1. The van der Waals surface area contributed by atoms with Gasteiger partial charge in [-0.25, -0.2) is 0 Å². The summed E-state index contributed by atoms with van der Waals surface area (Å²) in [6.07, 6.45) is 1.57. The van der Waals surface area contributed by atoms with Crippen LogP contribution in [0.1, 0.15) is 42.5 Å². The van der Waals surface area contributed by atoms with E-state index in [9.17, 15) is 14.7 Å². The fourth-order valence-corrected chi connectivity index (χ4v) is 5.35. The standard InChI is InChI=1S/C34H38N2O6/c1-2-20-41-28-14-12-26(13-15-28)32(37)30-31(27-10-6-11-29(23-27)42-24-25-8-4-3-5-9-25)36(34(39)33(30)38)17-7-16-35-18-21-40-22-19-35/h3-6,8-15,23,31,37H,2,7,16-22,24H2,1H3/b32-30+. The van der Waals surface area contributed by atoms with E-state index in [1.807, 2.05) is 61.5 Å². The highest BCUT2D eigenvalue weighted by Crippen LogP contribution is 2.40. The molecule has 8 heteroatoms. The molecular formula is C34H38N2O6. The Labute approximate surface area is 247 Å². The molecule has 42 heavy (non-hydrogen) atoms. The van der Waals surface area contributed by atoms with Gasteiger partial charge in [0.1, 0.15) is 23.9 Å². The van der Waals surface area contributed by atoms with Crippen molar-refractivity contribution in [2.45, 2.75) is 32.4 Å². The number of ether oxygens (including phenoxy) is 3. The molecule has 1 N–H and O–H groups in total. The molecular weight excluding hydrogens is 532 g/mol. The molecule has 0 radical (unpaired) electrons. The summed E-state index contributed by atoms with van der Waals surface area (Å²) in [5.41, 5.74) is 2.26. The van der Waals surface area contributed by atoms with Crippen molar-refractivity contribution >= 4 is 17.4 Å². The minimum Gasteiger partial charge on any atom is -0.507 e. The molecule has 2 heterocycles. The molecule has 5 rings (SSSR count). The van der Waals surface area contributed by atoms with Gasteiger partial charge in [0.25, 0.3) is 11.7 Å². The van der Waals surface area contributed by atoms with Crippen LogP contribution in [0.3, 0.4) is 0 Å². The first-order chi connectivity index (χ1) is 20.5. The topological polar surface area (TPSA) is 88.5 Å². The molecule has 8 nitrogen and oxygen atoms in total. The van der Waals surface area contributed by atoms with E-state index in [4.69, 9.17) is 14.2 Å². The Kier molecular flexibility index (Phi) is 9.90. The molecule has 2 aliphatic heterocycles. The molecule has 1 unspecified atom stereocenters. The van der Waals surface area contributed by atoms with Crippen molar-refractivity contribution in [1.82, 2.24) is 9.80 Å². The first kappa shape index (κ1) is 29.4. The lowest BCUT2D eigenvalue weighted by Gasteiger charge is -2.29. The van der Waals surface area contributed by atoms with Crippen molar-refractivity contribution in [1.29, 1.82) is 0 Å². The van der Waals surface area contributed by atoms with Crippen LogP contribution >= 0.6 is 0 Å². The van der Waals surface area contributed by atoms with Gasteiger partial charge in [-0.15, -0.1) is 0 Å². The van der Waals surface area contributed by atoms with E-state index >= 15 is 0 Å². The number of hydrogen-bond acceptors (Lipinski definition) is 7. The van der Waals surface area contributed by atoms with Crippen LogP contribution in [0.2, 0.25) is 0 Å². The maximum Gasteiger partial charge on any atom is 0.295 e. The van der Waals surface area contributed by atoms with E-state index < -0.39 is 17.7 Å². The van der Waals surface area contributed by atoms with Crippen molar-refractivity contribution in [3.63, 3.8) is 0 Å². The minimum atomic E-state index is -0.744. The summed E-state index contributed by atoms with van der Waals surface area (Å²) in [6.45, 7) is 7.26. The van der Waals surface area contributed by atoms with Gasteiger partial charge in [-0.1, -0.05) is 49.4 Å². The molecule has 2 fully saturated rings. The van der Waals surface area contributed by atoms with E-state index in [0.717, 1.165) is 31.6 Å². The number of carbonyl (C=O) groups is 2. The number of Topliss-reactive ketones (excluding diaryl/α,β-unsaturated/α-hetero) is 1. The SMILES string of the molecule is CCCOc1ccc(/C(O)=C2\C(=O)C(=O)N(CCCN3CCOCC3)C2c2cccc(OCc3ccccc3)c2)cc1. The van der Waals surface area contributed by atoms with Crippen molar-refractivity contribution in [2.24, 2.45) is 0 Å². The Morgan fingerprint density at radius 2 is 1.67 bits per heavy atom. The van der Waals surface area contributed by atoms with Crippen LogP contribution in [-0.4, -0.2) is 72.6 Å². The summed E-state index contributed by atoms with van der Waals surface area (Å²) in [7, 11) is 0. The second kappa shape index (κ2) is 14.2. The van der Waals surface area contributed by atoms with E-state index in [1.54, 1.807) is 29.2 Å². The Morgan fingerprint density at radius 3 is 2.40 bits per heavy atom. The quantitative estimate of drug-likeness (QED) is 0.182. The number of carbonyl (C=O) groups excluding carboxylic acids is 2. The normalized spacial score (nSPS) is 18.8. The van der Waals surface area contributed by atoms with E-state index in [2.05, 4.69) is 4.90 Å². The predicted molar refractivity (Wildman–Crippen MR) is 160 cm³/mol. The number of morpholine rings is 1. The van der Waals surface area contributed by atoms with Crippen molar-refractivity contribution in [3.8, 4) is 11.5 Å². The van der Waals surface area contributed by atoms with Gasteiger partial charge >= 0.3 is 0 Å². The molecule has 0 bridgehead atoms. The van der Waals surface area contributed by atoms with Crippen molar-refractivity contribution < 1.29 is 28.9 Å². The summed E-state index contributed by atoms with van der Waals surface area (Å²) in [5, 5.41) is 11.5. The van der Waals surface area contributed by atoms with Gasteiger partial charge in [-0.05, 0) is 60.4 Å². The van der Waals surface area contributed by atoms with Gasteiger partial charge < -0.3 is 24.2 Å². The fourth-order valence-electron chi connectivity index (χ4n) is 5.35. The van der Waals surface area contributed by atoms with Gasteiger partial charge in [0, 0.05) is 31.7 Å². The second-order valence-electron chi connectivity index (χ2n) is 10.5. The maximum absolute atomic E-state index is 13.5. The number of ketones is 1. The lowest BCUT2D eigenvalue weighted by molar-refractivity contribution is -0.140. The number of benzene rings is 3. The summed E-state index contributed by atoms with van der Waals surface area (Å²) < 4.78 is 17.2. The monoisotopic (exact) mass is 570 g/mol. The van der Waals surface area contributed by atoms with Gasteiger partial charge in [-0.2, -0.15) is 0 Å². The third kappa shape index (κ3) is 7.01. The number of rotatable bonds is 12. The van der Waals surface area contributed by atoms with Crippen LogP contribution in [0.15, 0.2) is 84.4 Å². The molecule has 2 saturated heterocycles. The molecule has 1 amide bonds. The number of hydrogen-bond donors (Lipinski definition) is 1. The molecule has 1 atom stereocenters. The summed E-state index contributed by atoms with van der Waals surface area (Å²) in [5.74, 6) is -0.205. The van der Waals surface area contributed by atoms with Crippen LogP contribution in [-0.2, 0) is 20.9 Å². The van der Waals surface area contributed by atoms with Crippen molar-refractivity contribution in [3.05, 3.63) is 101 Å². The van der Waals surface area contributed by atoms with Crippen LogP contribution in [0, 0.1) is 0 Å². The molecule has 3 aromatic rings. The van der Waals surface area contributed by atoms with Crippen LogP contribution in [0.25, 0.3) is 5.76 Å². The molecule has 220 valence electrons. The van der Waals surface area contributed by atoms with Crippen LogP contribution < -0.4 is 9.47 Å². The fraction of sp³-hybridized carbons (Fsp3) is 0.353. The third-order valence-corrected chi connectivity index (χ3v) is 7.54. The predicted octanol–water partition coefficient (Wildman–Crippen LogP) is 5.20. The van der Waals surface area contributed by atoms with Gasteiger partial charge in [0.15, 0.2) is 0 Å². The minimum absolute atomic E-state index is 0.0776. The Balaban J connectivity index is 1.44. The third-order valence-electron chi connectivity index (χ3n) is 7.54. The zero-order valence-electron chi connectivity index (χ0n) is 24.0. The first-order valence-electron chi connectivity index (χ1n) is 14.6. The average Bonchev–Trinajstić information content (AvgIpc) is 3.29. The lowest BCUT2D eigenvalue weighted by Crippen LogP contribution is -2.38. The second-order valence-corrected chi connectivity index (χ2v) is 10.5. The van der Waals surface area contributed by atoms with Gasteiger partial charge in [0.2, 0.25) is 0 Å². The smallest absolute Gasteiger partial charge is 0.295 e. The van der Waals surface area contributed by atoms with Gasteiger partial charge in [-0.3, -0.25) is 14.5 Å². The average molecular weight is 571 g/mol. The molecule has 0 spiro atoms. The summed E-state index contributed by atoms with van der Waals surface area (Å²) >= 11 is 0. The Hall–Kier alpha value is -4.14. The number of amides is 1. The summed E-state index contributed by atoms with van der Waals surface area (Å²) in [4.78, 5) is 30.8. The lowest BCUT2D eigenvalue weighted by atomic mass is 9.95. The first-order valence-corrected chi connectivity index (χ1v) is 14.6. The molecule has 3 aromatic carbocycles. The van der Waals surface area contributed by atoms with Crippen LogP contribution in [0.4, 0.5) is 0 Å². The van der Waals surface area contributed by atoms with Gasteiger partial charge in [0.05, 0.1) is 31.4 Å². The zero-order valence-corrected chi connectivity index (χ0v) is 24.0. The summed E-state index contributed by atoms with van der Waals surface area (Å²) in [6, 6.07) is 23.5. The van der Waals surface area contributed by atoms with Crippen molar-refractivity contribution in [2.75, 3.05) is 46.0 Å². The Bertz CT molecular complexity index is 1380.